The van der Waals surface area contributed by atoms with Crippen LogP contribution in [0.1, 0.15) is 16.7 Å². The summed E-state index contributed by atoms with van der Waals surface area (Å²) in [5.41, 5.74) is 1.12. The van der Waals surface area contributed by atoms with Gasteiger partial charge in [-0.2, -0.15) is 18.3 Å². The van der Waals surface area contributed by atoms with Crippen molar-refractivity contribution in [2.24, 2.45) is 0 Å². The van der Waals surface area contributed by atoms with Gasteiger partial charge in [-0.15, -0.1) is 0 Å². The standard InChI is InChI=1S/C19H15ClF3N3O/c20-16-4-6-17(7-5-16)26-12-14(11-25-26)10-24-18(27)9-13-2-1-3-15(8-13)19(21,22)23/h1-8,11-12H,9-10H2,(H,24,27). The number of carbonyl (C=O) groups excluding carboxylic acids is 1. The molecule has 1 N–H and O–H groups in total. The largest absolute Gasteiger partial charge is 0.416 e. The summed E-state index contributed by atoms with van der Waals surface area (Å²) in [5, 5.41) is 7.52. The molecule has 140 valence electrons. The molecule has 3 rings (SSSR count). The Kier molecular flexibility index (Phi) is 5.51. The zero-order chi connectivity index (χ0) is 19.4. The van der Waals surface area contributed by atoms with Crippen molar-refractivity contribution in [2.75, 3.05) is 0 Å². The highest BCUT2D eigenvalue weighted by Crippen LogP contribution is 2.29. The third kappa shape index (κ3) is 5.10. The number of halogens is 4. The number of rotatable bonds is 5. The van der Waals surface area contributed by atoms with Gasteiger partial charge in [0.2, 0.25) is 5.91 Å². The van der Waals surface area contributed by atoms with Gasteiger partial charge in [-0.05, 0) is 35.9 Å². The van der Waals surface area contributed by atoms with E-state index in [9.17, 15) is 18.0 Å². The Morgan fingerprint density at radius 2 is 1.85 bits per heavy atom. The SMILES string of the molecule is O=C(Cc1cccc(C(F)(F)F)c1)NCc1cnn(-c2ccc(Cl)cc2)c1. The van der Waals surface area contributed by atoms with Crippen molar-refractivity contribution >= 4 is 17.5 Å². The Morgan fingerprint density at radius 3 is 2.56 bits per heavy atom. The van der Waals surface area contributed by atoms with Gasteiger partial charge in [-0.3, -0.25) is 4.79 Å². The van der Waals surface area contributed by atoms with Crippen LogP contribution in [-0.2, 0) is 23.9 Å². The van der Waals surface area contributed by atoms with Crippen molar-refractivity contribution in [3.8, 4) is 5.69 Å². The fraction of sp³-hybridized carbons (Fsp3) is 0.158. The molecule has 8 heteroatoms. The molecule has 1 aromatic heterocycles. The smallest absolute Gasteiger partial charge is 0.352 e. The molecule has 0 saturated heterocycles. The lowest BCUT2D eigenvalue weighted by Crippen LogP contribution is -2.24. The first-order chi connectivity index (χ1) is 12.8. The number of hydrogen-bond donors (Lipinski definition) is 1. The summed E-state index contributed by atoms with van der Waals surface area (Å²) < 4.78 is 39.8. The first kappa shape index (κ1) is 19.0. The van der Waals surface area contributed by atoms with E-state index in [1.165, 1.54) is 12.1 Å². The highest BCUT2D eigenvalue weighted by molar-refractivity contribution is 6.30. The van der Waals surface area contributed by atoms with Crippen molar-refractivity contribution in [1.29, 1.82) is 0 Å². The highest BCUT2D eigenvalue weighted by atomic mass is 35.5. The first-order valence-electron chi connectivity index (χ1n) is 8.03. The van der Waals surface area contributed by atoms with Crippen LogP contribution in [0.5, 0.6) is 0 Å². The zero-order valence-corrected chi connectivity index (χ0v) is 14.8. The Labute approximate surface area is 158 Å². The molecule has 27 heavy (non-hydrogen) atoms. The van der Waals surface area contributed by atoms with E-state index < -0.39 is 11.7 Å². The van der Waals surface area contributed by atoms with E-state index in [0.717, 1.165) is 23.4 Å². The molecule has 4 nitrogen and oxygen atoms in total. The molecule has 0 fully saturated rings. The molecule has 0 aliphatic carbocycles. The van der Waals surface area contributed by atoms with Crippen LogP contribution in [0.4, 0.5) is 13.2 Å². The first-order valence-corrected chi connectivity index (χ1v) is 8.41. The summed E-state index contributed by atoms with van der Waals surface area (Å²) in [6.45, 7) is 0.228. The fourth-order valence-electron chi connectivity index (χ4n) is 2.49. The maximum Gasteiger partial charge on any atom is 0.416 e. The quantitative estimate of drug-likeness (QED) is 0.698. The summed E-state index contributed by atoms with van der Waals surface area (Å²) in [6, 6.07) is 11.9. The van der Waals surface area contributed by atoms with Gasteiger partial charge in [0, 0.05) is 23.3 Å². The molecule has 2 aromatic carbocycles. The molecule has 0 bridgehead atoms. The molecular formula is C19H15ClF3N3O. The van der Waals surface area contributed by atoms with Gasteiger partial charge in [0.25, 0.3) is 0 Å². The number of amides is 1. The summed E-state index contributed by atoms with van der Waals surface area (Å²) in [5.74, 6) is -0.367. The highest BCUT2D eigenvalue weighted by Gasteiger charge is 2.30. The Hall–Kier alpha value is -2.80. The predicted octanol–water partition coefficient (Wildman–Crippen LogP) is 4.40. The van der Waals surface area contributed by atoms with E-state index in [4.69, 9.17) is 11.6 Å². The molecule has 0 atom stereocenters. The van der Waals surface area contributed by atoms with Crippen molar-refractivity contribution in [3.63, 3.8) is 0 Å². The second-order valence-corrected chi connectivity index (χ2v) is 6.36. The Morgan fingerprint density at radius 1 is 1.11 bits per heavy atom. The lowest BCUT2D eigenvalue weighted by molar-refractivity contribution is -0.137. The van der Waals surface area contributed by atoms with Gasteiger partial charge in [0.15, 0.2) is 0 Å². The maximum atomic E-state index is 12.7. The van der Waals surface area contributed by atoms with Gasteiger partial charge in [0.1, 0.15) is 0 Å². The number of alkyl halides is 3. The van der Waals surface area contributed by atoms with Gasteiger partial charge >= 0.3 is 6.18 Å². The number of aromatic nitrogens is 2. The van der Waals surface area contributed by atoms with Crippen LogP contribution < -0.4 is 5.32 Å². The van der Waals surface area contributed by atoms with Crippen molar-refractivity contribution in [1.82, 2.24) is 15.1 Å². The number of nitrogens with one attached hydrogen (secondary N) is 1. The van der Waals surface area contributed by atoms with Crippen LogP contribution >= 0.6 is 11.6 Å². The fourth-order valence-corrected chi connectivity index (χ4v) is 2.62. The average molecular weight is 394 g/mol. The molecule has 0 aliphatic rings. The van der Waals surface area contributed by atoms with E-state index in [2.05, 4.69) is 10.4 Å². The minimum Gasteiger partial charge on any atom is -0.352 e. The lowest BCUT2D eigenvalue weighted by Gasteiger charge is -2.09. The Balaban J connectivity index is 1.58. The molecule has 1 heterocycles. The Bertz CT molecular complexity index is 936. The molecular weight excluding hydrogens is 379 g/mol. The minimum atomic E-state index is -4.43. The summed E-state index contributed by atoms with van der Waals surface area (Å²) in [7, 11) is 0. The molecule has 1 amide bonds. The van der Waals surface area contributed by atoms with Crippen LogP contribution in [0.25, 0.3) is 5.69 Å². The summed E-state index contributed by atoms with van der Waals surface area (Å²) >= 11 is 5.85. The summed E-state index contributed by atoms with van der Waals surface area (Å²) in [4.78, 5) is 12.0. The number of benzene rings is 2. The van der Waals surface area contributed by atoms with Gasteiger partial charge < -0.3 is 5.32 Å². The van der Waals surface area contributed by atoms with Crippen LogP contribution in [0, 0.1) is 0 Å². The molecule has 0 aliphatic heterocycles. The van der Waals surface area contributed by atoms with E-state index in [1.807, 2.05) is 12.1 Å². The van der Waals surface area contributed by atoms with E-state index >= 15 is 0 Å². The van der Waals surface area contributed by atoms with Gasteiger partial charge in [-0.1, -0.05) is 29.8 Å². The molecule has 0 unspecified atom stereocenters. The maximum absolute atomic E-state index is 12.7. The summed E-state index contributed by atoms with van der Waals surface area (Å²) in [6.07, 6.45) is -1.19. The predicted molar refractivity (Wildman–Crippen MR) is 95.6 cm³/mol. The topological polar surface area (TPSA) is 46.9 Å². The third-order valence-corrected chi connectivity index (χ3v) is 4.09. The second-order valence-electron chi connectivity index (χ2n) is 5.92. The third-order valence-electron chi connectivity index (χ3n) is 3.84. The number of hydrogen-bond acceptors (Lipinski definition) is 2. The minimum absolute atomic E-state index is 0.130. The van der Waals surface area contributed by atoms with Crippen LogP contribution in [0.2, 0.25) is 5.02 Å². The number of nitrogens with zero attached hydrogens (tertiary/aromatic N) is 2. The average Bonchev–Trinajstić information content (AvgIpc) is 3.09. The van der Waals surface area contributed by atoms with Crippen molar-refractivity contribution in [2.45, 2.75) is 19.1 Å². The molecule has 0 spiro atoms. The molecule has 0 radical (unpaired) electrons. The van der Waals surface area contributed by atoms with Crippen LogP contribution in [0.3, 0.4) is 0 Å². The second kappa shape index (κ2) is 7.84. The van der Waals surface area contributed by atoms with Crippen LogP contribution in [-0.4, -0.2) is 15.7 Å². The lowest BCUT2D eigenvalue weighted by atomic mass is 10.1. The van der Waals surface area contributed by atoms with Crippen molar-refractivity contribution < 1.29 is 18.0 Å². The van der Waals surface area contributed by atoms with E-state index in [1.54, 1.807) is 29.2 Å². The van der Waals surface area contributed by atoms with Gasteiger partial charge in [0.05, 0.1) is 23.9 Å². The van der Waals surface area contributed by atoms with Gasteiger partial charge in [-0.25, -0.2) is 4.68 Å². The van der Waals surface area contributed by atoms with Crippen LogP contribution in [0.15, 0.2) is 60.9 Å². The molecule has 3 aromatic rings. The monoisotopic (exact) mass is 393 g/mol. The zero-order valence-electron chi connectivity index (χ0n) is 14.0. The number of carbonyl (C=O) groups is 1. The molecule has 0 saturated carbocycles. The van der Waals surface area contributed by atoms with Crippen molar-refractivity contribution in [3.05, 3.63) is 82.6 Å². The van der Waals surface area contributed by atoms with E-state index in [0.29, 0.717) is 10.6 Å². The normalized spacial score (nSPS) is 11.4. The van der Waals surface area contributed by atoms with E-state index in [-0.39, 0.29) is 18.9 Å².